The van der Waals surface area contributed by atoms with Gasteiger partial charge in [0.15, 0.2) is 0 Å². The summed E-state index contributed by atoms with van der Waals surface area (Å²) in [5.41, 5.74) is 2.68. The summed E-state index contributed by atoms with van der Waals surface area (Å²) in [5.74, 6) is -7.62. The minimum Gasteiger partial charge on any atom is -0.475 e. The number of hydrogen-bond acceptors (Lipinski definition) is 7. The number of hydrogen-bond donors (Lipinski definition) is 3. The highest BCUT2D eigenvalue weighted by atomic mass is 19.4. The Bertz CT molecular complexity index is 1230. The van der Waals surface area contributed by atoms with Crippen LogP contribution >= 0.6 is 0 Å². The van der Waals surface area contributed by atoms with Crippen LogP contribution in [-0.4, -0.2) is 113 Å². The van der Waals surface area contributed by atoms with Crippen molar-refractivity contribution in [3.05, 3.63) is 42.1 Å². The SMILES string of the molecule is COC[C@H]1CN(C)C[C@@]12CCN(Cc1ccc3ccccc3n1)C2.O=C(O)C(F)(F)F.O=C(O)C(F)(F)F.O=C(O)C(F)(F)F. The lowest BCUT2D eigenvalue weighted by Crippen LogP contribution is -2.36. The highest BCUT2D eigenvalue weighted by molar-refractivity contribution is 5.78. The molecule has 2 saturated heterocycles. The number of carboxylic acids is 3. The first-order valence-electron chi connectivity index (χ1n) is 12.7. The molecular weight excluding hydrogens is 637 g/mol. The molecule has 254 valence electrons. The Balaban J connectivity index is 0.000000396. The molecule has 2 aliphatic rings. The number of alkyl halides is 9. The van der Waals surface area contributed by atoms with Gasteiger partial charge >= 0.3 is 36.4 Å². The van der Waals surface area contributed by atoms with Crippen LogP contribution in [0.25, 0.3) is 10.9 Å². The number of pyridine rings is 1. The van der Waals surface area contributed by atoms with E-state index in [1.165, 1.54) is 37.1 Å². The molecule has 45 heavy (non-hydrogen) atoms. The van der Waals surface area contributed by atoms with Gasteiger partial charge in [0, 0.05) is 50.0 Å². The number of ether oxygens (including phenoxy) is 1. The smallest absolute Gasteiger partial charge is 0.475 e. The van der Waals surface area contributed by atoms with Crippen LogP contribution in [0, 0.1) is 11.3 Å². The Hall–Kier alpha value is -3.71. The molecule has 2 aliphatic heterocycles. The number of carbonyl (C=O) groups is 3. The Labute approximate surface area is 250 Å². The fraction of sp³-hybridized carbons (Fsp3) is 0.538. The fourth-order valence-electron chi connectivity index (χ4n) is 4.74. The average molecular weight is 668 g/mol. The van der Waals surface area contributed by atoms with Crippen molar-refractivity contribution in [3.63, 3.8) is 0 Å². The maximum atomic E-state index is 10.6. The number of methoxy groups -OCH3 is 1. The normalized spacial score (nSPS) is 20.4. The van der Waals surface area contributed by atoms with Crippen LogP contribution in [0.2, 0.25) is 0 Å². The first kappa shape index (κ1) is 39.3. The maximum Gasteiger partial charge on any atom is 0.490 e. The molecule has 0 amide bonds. The molecule has 0 saturated carbocycles. The first-order chi connectivity index (χ1) is 20.5. The molecule has 19 heteroatoms. The molecule has 2 atom stereocenters. The number of aromatic nitrogens is 1. The third-order valence-electron chi connectivity index (χ3n) is 6.58. The minimum absolute atomic E-state index is 0.404. The van der Waals surface area contributed by atoms with Gasteiger partial charge in [0.1, 0.15) is 0 Å². The van der Waals surface area contributed by atoms with E-state index in [0.29, 0.717) is 11.3 Å². The molecule has 0 unspecified atom stereocenters. The predicted molar refractivity (Wildman–Crippen MR) is 138 cm³/mol. The summed E-state index contributed by atoms with van der Waals surface area (Å²) in [6.45, 7) is 6.53. The zero-order chi connectivity index (χ0) is 34.8. The summed E-state index contributed by atoms with van der Waals surface area (Å²) < 4.78 is 101. The second-order valence-electron chi connectivity index (χ2n) is 10.1. The number of likely N-dealkylation sites (tertiary alicyclic amines) is 2. The summed E-state index contributed by atoms with van der Waals surface area (Å²) in [5, 5.41) is 22.6. The number of nitrogens with zero attached hydrogens (tertiary/aromatic N) is 3. The lowest BCUT2D eigenvalue weighted by molar-refractivity contribution is -0.193. The van der Waals surface area contributed by atoms with E-state index in [-0.39, 0.29) is 0 Å². The number of carboxylic acid groups (broad SMARTS) is 3. The van der Waals surface area contributed by atoms with Gasteiger partial charge in [-0.15, -0.1) is 0 Å². The van der Waals surface area contributed by atoms with Crippen LogP contribution in [0.1, 0.15) is 12.1 Å². The van der Waals surface area contributed by atoms with Crippen molar-refractivity contribution in [2.45, 2.75) is 31.5 Å². The number of para-hydroxylation sites is 1. The van der Waals surface area contributed by atoms with Gasteiger partial charge in [-0.3, -0.25) is 9.88 Å². The molecule has 1 aromatic heterocycles. The topological polar surface area (TPSA) is 140 Å². The third kappa shape index (κ3) is 13.0. The van der Waals surface area contributed by atoms with Crippen molar-refractivity contribution in [2.24, 2.45) is 11.3 Å². The zero-order valence-electron chi connectivity index (χ0n) is 23.7. The number of aliphatic carboxylic acids is 3. The first-order valence-corrected chi connectivity index (χ1v) is 12.7. The van der Waals surface area contributed by atoms with Gasteiger partial charge in [-0.1, -0.05) is 24.3 Å². The van der Waals surface area contributed by atoms with E-state index in [9.17, 15) is 39.5 Å². The summed E-state index contributed by atoms with van der Waals surface area (Å²) in [6.07, 6.45) is -14.0. The zero-order valence-corrected chi connectivity index (χ0v) is 23.7. The molecule has 2 fully saturated rings. The van der Waals surface area contributed by atoms with E-state index < -0.39 is 36.4 Å². The largest absolute Gasteiger partial charge is 0.490 e. The van der Waals surface area contributed by atoms with Crippen molar-refractivity contribution < 1.29 is 74.0 Å². The number of rotatable bonds is 4. The third-order valence-corrected chi connectivity index (χ3v) is 6.58. The van der Waals surface area contributed by atoms with E-state index in [1.807, 2.05) is 7.11 Å². The Kier molecular flexibility index (Phi) is 14.0. The monoisotopic (exact) mass is 667 g/mol. The second kappa shape index (κ2) is 16.0. The van der Waals surface area contributed by atoms with Gasteiger partial charge in [-0.05, 0) is 32.1 Å². The van der Waals surface area contributed by atoms with E-state index in [2.05, 4.69) is 53.2 Å². The van der Waals surface area contributed by atoms with Gasteiger partial charge in [0.05, 0.1) is 17.8 Å². The summed E-state index contributed by atoms with van der Waals surface area (Å²) in [6, 6.07) is 12.7. The number of fused-ring (bicyclic) bond motifs is 1. The maximum absolute atomic E-state index is 10.6. The Morgan fingerprint density at radius 3 is 1.82 bits per heavy atom. The van der Waals surface area contributed by atoms with E-state index in [4.69, 9.17) is 39.4 Å². The van der Waals surface area contributed by atoms with Crippen LogP contribution in [0.15, 0.2) is 36.4 Å². The Morgan fingerprint density at radius 1 is 0.867 bits per heavy atom. The molecule has 3 heterocycles. The number of benzene rings is 1. The molecule has 2 aromatic rings. The average Bonchev–Trinajstić information content (AvgIpc) is 3.44. The summed E-state index contributed by atoms with van der Waals surface area (Å²) >= 11 is 0. The van der Waals surface area contributed by atoms with Crippen molar-refractivity contribution >= 4 is 28.8 Å². The molecule has 1 spiro atoms. The molecule has 1 aromatic carbocycles. The van der Waals surface area contributed by atoms with Gasteiger partial charge in [0.2, 0.25) is 0 Å². The summed E-state index contributed by atoms with van der Waals surface area (Å²) in [4.78, 5) is 36.6. The van der Waals surface area contributed by atoms with Crippen LogP contribution in [-0.2, 0) is 25.7 Å². The van der Waals surface area contributed by atoms with Gasteiger partial charge in [-0.2, -0.15) is 39.5 Å². The second-order valence-corrected chi connectivity index (χ2v) is 10.1. The lowest BCUT2D eigenvalue weighted by Gasteiger charge is -2.30. The number of halogens is 9. The molecule has 10 nitrogen and oxygen atoms in total. The van der Waals surface area contributed by atoms with Gasteiger partial charge < -0.3 is 25.0 Å². The van der Waals surface area contributed by atoms with Gasteiger partial charge in [-0.25, -0.2) is 14.4 Å². The molecule has 0 radical (unpaired) electrons. The standard InChI is InChI=1S/C20H27N3O.3C2HF3O2/c1-22-11-17(13-24-2)20(14-22)9-10-23(15-20)12-18-8-7-16-5-3-4-6-19(16)21-18;3*3-2(4,5)1(6)7/h3-8,17H,9-15H2,1-2H3;3*(H,6,7)/t17-,20-;;;/m1.../s1. The van der Waals surface area contributed by atoms with E-state index >= 15 is 0 Å². The van der Waals surface area contributed by atoms with Crippen LogP contribution in [0.4, 0.5) is 39.5 Å². The van der Waals surface area contributed by atoms with Crippen LogP contribution in [0.3, 0.4) is 0 Å². The van der Waals surface area contributed by atoms with Crippen molar-refractivity contribution in [1.82, 2.24) is 14.8 Å². The molecule has 4 rings (SSSR count). The predicted octanol–water partition coefficient (Wildman–Crippen LogP) is 4.53. The molecule has 0 bridgehead atoms. The van der Waals surface area contributed by atoms with Crippen LogP contribution < -0.4 is 0 Å². The van der Waals surface area contributed by atoms with Crippen molar-refractivity contribution in [3.8, 4) is 0 Å². The molecular formula is C26H30F9N3O7. The van der Waals surface area contributed by atoms with E-state index in [1.54, 1.807) is 0 Å². The van der Waals surface area contributed by atoms with Crippen molar-refractivity contribution in [2.75, 3.05) is 46.9 Å². The highest BCUT2D eigenvalue weighted by Crippen LogP contribution is 2.43. The lowest BCUT2D eigenvalue weighted by atomic mass is 9.78. The van der Waals surface area contributed by atoms with Crippen LogP contribution in [0.5, 0.6) is 0 Å². The Morgan fingerprint density at radius 2 is 1.36 bits per heavy atom. The minimum atomic E-state index is -5.08. The molecule has 3 N–H and O–H groups in total. The highest BCUT2D eigenvalue weighted by Gasteiger charge is 2.49. The molecule has 0 aliphatic carbocycles. The van der Waals surface area contributed by atoms with Crippen molar-refractivity contribution in [1.29, 1.82) is 0 Å². The van der Waals surface area contributed by atoms with Gasteiger partial charge in [0.25, 0.3) is 0 Å². The summed E-state index contributed by atoms with van der Waals surface area (Å²) in [7, 11) is 4.07. The quantitative estimate of drug-likeness (QED) is 0.399. The fourth-order valence-corrected chi connectivity index (χ4v) is 4.74. The van der Waals surface area contributed by atoms with E-state index in [0.717, 1.165) is 25.2 Å².